The summed E-state index contributed by atoms with van der Waals surface area (Å²) in [6, 6.07) is 0.155. The number of fused-ring (bicyclic) bond motifs is 1. The second-order valence-electron chi connectivity index (χ2n) is 5.27. The molecule has 1 aliphatic carbocycles. The average molecular weight is 317 g/mol. The largest absolute Gasteiger partial charge is 0.396 e. The molecule has 0 aromatic carbocycles. The van der Waals surface area contributed by atoms with Gasteiger partial charge in [0.05, 0.1) is 12.4 Å². The number of nitrogen functional groups attached to an aromatic ring is 1. The van der Waals surface area contributed by atoms with E-state index in [1.54, 1.807) is 18.1 Å². The van der Waals surface area contributed by atoms with Crippen molar-refractivity contribution in [3.63, 3.8) is 0 Å². The maximum Gasteiger partial charge on any atom is 0.223 e. The lowest BCUT2D eigenvalue weighted by molar-refractivity contribution is 0.244. The molecule has 2 heterocycles. The third kappa shape index (κ3) is 2.86. The summed E-state index contributed by atoms with van der Waals surface area (Å²) in [5.74, 6) is 1.34. The zero-order valence-electron chi connectivity index (χ0n) is 12.2. The zero-order chi connectivity index (χ0) is 15.5. The molecule has 0 saturated carbocycles. The molecule has 0 radical (unpaired) electrons. The van der Waals surface area contributed by atoms with Gasteiger partial charge in [-0.3, -0.25) is 0 Å². The van der Waals surface area contributed by atoms with Gasteiger partial charge in [0.2, 0.25) is 5.95 Å². The number of allylic oxidation sites excluding steroid dienone is 2. The van der Waals surface area contributed by atoms with Gasteiger partial charge in [-0.1, -0.05) is 18.2 Å². The van der Waals surface area contributed by atoms with Crippen molar-refractivity contribution in [2.75, 3.05) is 18.1 Å². The number of thioether (sulfide) groups is 1. The molecule has 2 aromatic rings. The Bertz CT molecular complexity index is 711. The fourth-order valence-corrected chi connectivity index (χ4v) is 3.50. The molecule has 7 heteroatoms. The van der Waals surface area contributed by atoms with Crippen LogP contribution in [-0.4, -0.2) is 37.0 Å². The number of imidazole rings is 1. The minimum absolute atomic E-state index is 0.155. The smallest absolute Gasteiger partial charge is 0.223 e. The van der Waals surface area contributed by atoms with E-state index in [1.165, 1.54) is 0 Å². The van der Waals surface area contributed by atoms with E-state index < -0.39 is 0 Å². The molecule has 1 aliphatic rings. The molecule has 2 aromatic heterocycles. The molecule has 3 N–H and O–H groups in total. The number of aromatic nitrogens is 4. The molecule has 0 bridgehead atoms. The van der Waals surface area contributed by atoms with Crippen molar-refractivity contribution in [1.82, 2.24) is 19.5 Å². The van der Waals surface area contributed by atoms with Crippen molar-refractivity contribution in [1.29, 1.82) is 0 Å². The zero-order valence-corrected chi connectivity index (χ0v) is 13.0. The second-order valence-corrected chi connectivity index (χ2v) is 6.35. The minimum Gasteiger partial charge on any atom is -0.396 e. The number of hydrogen-bond acceptors (Lipinski definition) is 6. The van der Waals surface area contributed by atoms with Gasteiger partial charge in [0.25, 0.3) is 0 Å². The summed E-state index contributed by atoms with van der Waals surface area (Å²) in [7, 11) is 0. The number of nitrogens with two attached hydrogens (primary N) is 1. The molecule has 6 nitrogen and oxygen atoms in total. The Morgan fingerprint density at radius 2 is 2.32 bits per heavy atom. The Labute approximate surface area is 133 Å². The first kappa shape index (κ1) is 15.1. The van der Waals surface area contributed by atoms with Crippen LogP contribution in [0.5, 0.6) is 0 Å². The quantitative estimate of drug-likeness (QED) is 0.367. The highest BCUT2D eigenvalue weighted by Crippen LogP contribution is 2.32. The van der Waals surface area contributed by atoms with Gasteiger partial charge in [0, 0.05) is 18.3 Å². The molecule has 0 spiro atoms. The Morgan fingerprint density at radius 3 is 3.05 bits per heavy atom. The molecule has 0 saturated heterocycles. The lowest BCUT2D eigenvalue weighted by atomic mass is 10.1. The van der Waals surface area contributed by atoms with Gasteiger partial charge in [-0.2, -0.15) is 4.98 Å². The molecule has 2 atom stereocenters. The number of hydrogen-bond donors (Lipinski definition) is 2. The van der Waals surface area contributed by atoms with Crippen LogP contribution in [0.25, 0.3) is 11.2 Å². The number of aliphatic hydroxyl groups is 1. The van der Waals surface area contributed by atoms with Gasteiger partial charge >= 0.3 is 0 Å². The fourth-order valence-electron chi connectivity index (χ4n) is 2.58. The summed E-state index contributed by atoms with van der Waals surface area (Å²) in [4.78, 5) is 13.1. The predicted octanol–water partition coefficient (Wildman–Crippen LogP) is 2.19. The van der Waals surface area contributed by atoms with E-state index in [0.717, 1.165) is 34.8 Å². The maximum atomic E-state index is 9.27. The number of anilines is 1. The maximum absolute atomic E-state index is 9.27. The van der Waals surface area contributed by atoms with E-state index in [0.29, 0.717) is 0 Å². The van der Waals surface area contributed by atoms with Gasteiger partial charge in [0.15, 0.2) is 5.65 Å². The van der Waals surface area contributed by atoms with Gasteiger partial charge < -0.3 is 15.4 Å². The summed E-state index contributed by atoms with van der Waals surface area (Å²) >= 11 is 1.61. The van der Waals surface area contributed by atoms with Crippen LogP contribution in [0, 0.1) is 5.92 Å². The van der Waals surface area contributed by atoms with Crippen LogP contribution < -0.4 is 5.73 Å². The van der Waals surface area contributed by atoms with E-state index in [4.69, 9.17) is 5.73 Å². The van der Waals surface area contributed by atoms with Crippen LogP contribution in [0.4, 0.5) is 5.95 Å². The summed E-state index contributed by atoms with van der Waals surface area (Å²) < 4.78 is 2.01. The standard InChI is InChI=1S/C15H19N5OS/c1-2-3-6-22-14-12-13(18-15(16)19-14)20(9-17-12)11-5-4-10(7-11)8-21/h2,4-5,9-11,21H,1,3,6-8H2,(H2,16,18,19). The average Bonchev–Trinajstić information content (AvgIpc) is 3.13. The van der Waals surface area contributed by atoms with Crippen molar-refractivity contribution < 1.29 is 5.11 Å². The first-order chi connectivity index (χ1) is 10.7. The summed E-state index contributed by atoms with van der Waals surface area (Å²) in [6.07, 6.45) is 9.55. The second kappa shape index (κ2) is 6.50. The molecular formula is C15H19N5OS. The highest BCUT2D eigenvalue weighted by molar-refractivity contribution is 7.99. The van der Waals surface area contributed by atoms with Crippen LogP contribution in [0.1, 0.15) is 18.9 Å². The Kier molecular flexibility index (Phi) is 4.44. The van der Waals surface area contributed by atoms with E-state index in [2.05, 4.69) is 27.6 Å². The van der Waals surface area contributed by atoms with Gasteiger partial charge in [-0.05, 0) is 12.8 Å². The van der Waals surface area contributed by atoms with Gasteiger partial charge in [-0.25, -0.2) is 9.97 Å². The molecule has 0 amide bonds. The van der Waals surface area contributed by atoms with Crippen LogP contribution in [0.3, 0.4) is 0 Å². The van der Waals surface area contributed by atoms with Gasteiger partial charge in [-0.15, -0.1) is 18.3 Å². The molecular weight excluding hydrogens is 298 g/mol. The summed E-state index contributed by atoms with van der Waals surface area (Å²) in [6.45, 7) is 3.89. The van der Waals surface area contributed by atoms with Crippen molar-refractivity contribution in [2.45, 2.75) is 23.9 Å². The monoisotopic (exact) mass is 317 g/mol. The number of rotatable bonds is 6. The SMILES string of the molecule is C=CCCSc1nc(N)nc2c1ncn2C1C=CC(CO)C1. The highest BCUT2D eigenvalue weighted by atomic mass is 32.2. The highest BCUT2D eigenvalue weighted by Gasteiger charge is 2.23. The normalized spacial score (nSPS) is 20.8. The summed E-state index contributed by atoms with van der Waals surface area (Å²) in [5.41, 5.74) is 7.39. The van der Waals surface area contributed by atoms with Crippen LogP contribution in [-0.2, 0) is 0 Å². The Balaban J connectivity index is 1.93. The number of nitrogens with zero attached hydrogens (tertiary/aromatic N) is 4. The molecule has 22 heavy (non-hydrogen) atoms. The van der Waals surface area contributed by atoms with E-state index in [1.807, 2.05) is 16.7 Å². The number of aliphatic hydroxyl groups excluding tert-OH is 1. The fraction of sp³-hybridized carbons (Fsp3) is 0.400. The Hall–Kier alpha value is -1.86. The summed E-state index contributed by atoms with van der Waals surface area (Å²) in [5, 5.41) is 10.1. The van der Waals surface area contributed by atoms with E-state index >= 15 is 0 Å². The van der Waals surface area contributed by atoms with Crippen molar-refractivity contribution >= 4 is 28.9 Å². The lowest BCUT2D eigenvalue weighted by Crippen LogP contribution is -2.08. The molecule has 3 rings (SSSR count). The minimum atomic E-state index is 0.155. The molecule has 116 valence electrons. The topological polar surface area (TPSA) is 89.9 Å². The van der Waals surface area contributed by atoms with Gasteiger partial charge in [0.1, 0.15) is 10.5 Å². The molecule has 0 fully saturated rings. The third-order valence-corrected chi connectivity index (χ3v) is 4.71. The Morgan fingerprint density at radius 1 is 1.45 bits per heavy atom. The van der Waals surface area contributed by atoms with E-state index in [-0.39, 0.29) is 24.5 Å². The molecule has 0 aliphatic heterocycles. The first-order valence-electron chi connectivity index (χ1n) is 7.26. The molecule has 2 unspecified atom stereocenters. The first-order valence-corrected chi connectivity index (χ1v) is 8.24. The van der Waals surface area contributed by atoms with Crippen molar-refractivity contribution in [2.24, 2.45) is 5.92 Å². The lowest BCUT2D eigenvalue weighted by Gasteiger charge is -2.12. The van der Waals surface area contributed by atoms with Crippen molar-refractivity contribution in [3.8, 4) is 0 Å². The van der Waals surface area contributed by atoms with Crippen molar-refractivity contribution in [3.05, 3.63) is 31.1 Å². The van der Waals surface area contributed by atoms with Crippen LogP contribution >= 0.6 is 11.8 Å². The van der Waals surface area contributed by atoms with Crippen LogP contribution in [0.15, 0.2) is 36.2 Å². The predicted molar refractivity (Wildman–Crippen MR) is 88.6 cm³/mol. The van der Waals surface area contributed by atoms with E-state index in [9.17, 15) is 5.11 Å². The third-order valence-electron chi connectivity index (χ3n) is 3.71. The van der Waals surface area contributed by atoms with Crippen LogP contribution in [0.2, 0.25) is 0 Å².